The molecular formula is C26H15N3O6. The van der Waals surface area contributed by atoms with Crippen molar-refractivity contribution in [1.82, 2.24) is 15.0 Å². The van der Waals surface area contributed by atoms with Crippen molar-refractivity contribution in [3.05, 3.63) is 86.7 Å². The van der Waals surface area contributed by atoms with Crippen molar-refractivity contribution in [1.29, 1.82) is 0 Å². The monoisotopic (exact) mass is 465 g/mol. The molecular weight excluding hydrogens is 450 g/mol. The summed E-state index contributed by atoms with van der Waals surface area (Å²) < 4.78 is 0. The predicted octanol–water partition coefficient (Wildman–Crippen LogP) is -0.422. The minimum Gasteiger partial charge on any atom is -0.381 e. The Labute approximate surface area is 192 Å². The van der Waals surface area contributed by atoms with E-state index in [-0.39, 0.29) is 33.0 Å². The average molecular weight is 465 g/mol. The number of Topliss-reactive ketones (excluding diaryl/α,β-unsaturated/α-hetero) is 1. The van der Waals surface area contributed by atoms with Crippen LogP contribution in [0.5, 0.6) is 0 Å². The van der Waals surface area contributed by atoms with Crippen LogP contribution in [0.25, 0.3) is 55.0 Å². The molecule has 6 aromatic rings. The van der Waals surface area contributed by atoms with Crippen LogP contribution < -0.4 is 32.3 Å². The number of aliphatic hydroxyl groups excluding tert-OH is 1. The number of carbonyl (C=O) groups excluding carboxylic acids is 1. The van der Waals surface area contributed by atoms with Gasteiger partial charge >= 0.3 is 0 Å². The van der Waals surface area contributed by atoms with E-state index >= 15 is 0 Å². The zero-order valence-corrected chi connectivity index (χ0v) is 18.4. The molecule has 4 N–H and O–H groups in total. The van der Waals surface area contributed by atoms with Crippen LogP contribution in [0.1, 0.15) is 16.7 Å². The van der Waals surface area contributed by atoms with Crippen molar-refractivity contribution in [2.75, 3.05) is 0 Å². The Hall–Kier alpha value is -4.63. The summed E-state index contributed by atoms with van der Waals surface area (Å²) in [6.45, 7) is 3.33. The van der Waals surface area contributed by atoms with Gasteiger partial charge in [0, 0.05) is 61.7 Å². The standard InChI is InChI=1S/C26H15N3O6/c1-7-4-27-20-9(7)3-12(30)23(32)17(20)18-21-14-11(6-29-21)15-13-10(16(14)25(34)26(18)35)5-28-19(13)8(2)22(31)24(15)33/h3-6,12,27-30H,1-2H3. The van der Waals surface area contributed by atoms with E-state index in [2.05, 4.69) is 15.0 Å². The van der Waals surface area contributed by atoms with Crippen LogP contribution in [0, 0.1) is 13.8 Å². The first kappa shape index (κ1) is 19.8. The third-order valence-electron chi connectivity index (χ3n) is 7.33. The minimum absolute atomic E-state index is 0.0917. The Morgan fingerprint density at radius 3 is 2.00 bits per heavy atom. The lowest BCUT2D eigenvalue weighted by atomic mass is 9.88. The molecule has 3 heterocycles. The molecule has 0 saturated heterocycles. The molecule has 1 atom stereocenters. The Bertz CT molecular complexity index is 2310. The Balaban J connectivity index is 1.82. The lowest BCUT2D eigenvalue weighted by Crippen LogP contribution is -2.42. The molecule has 0 amide bonds. The van der Waals surface area contributed by atoms with Gasteiger partial charge in [0.25, 0.3) is 0 Å². The van der Waals surface area contributed by atoms with Crippen LogP contribution in [0.15, 0.2) is 37.8 Å². The zero-order valence-electron chi connectivity index (χ0n) is 18.4. The fraction of sp³-hybridized carbons (Fsp3) is 0.115. The number of rotatable bonds is 1. The van der Waals surface area contributed by atoms with Gasteiger partial charge in [0.1, 0.15) is 6.10 Å². The number of hydrogen-bond donors (Lipinski definition) is 4. The largest absolute Gasteiger partial charge is 0.381 e. The summed E-state index contributed by atoms with van der Waals surface area (Å²) >= 11 is 0. The van der Waals surface area contributed by atoms with Gasteiger partial charge in [-0.1, -0.05) is 0 Å². The molecule has 1 unspecified atom stereocenters. The van der Waals surface area contributed by atoms with E-state index < -0.39 is 33.6 Å². The summed E-state index contributed by atoms with van der Waals surface area (Å²) in [5.41, 5.74) is -1.69. The highest BCUT2D eigenvalue weighted by molar-refractivity contribution is 6.35. The smallest absolute Gasteiger partial charge is 0.236 e. The van der Waals surface area contributed by atoms with Crippen molar-refractivity contribution in [3.63, 3.8) is 0 Å². The normalized spacial score (nSPS) is 16.3. The third-order valence-corrected chi connectivity index (χ3v) is 7.33. The summed E-state index contributed by atoms with van der Waals surface area (Å²) in [6.07, 6.45) is 4.57. The lowest BCUT2D eigenvalue weighted by Gasteiger charge is -2.14. The molecule has 0 fully saturated rings. The van der Waals surface area contributed by atoms with Crippen molar-refractivity contribution in [2.24, 2.45) is 0 Å². The second-order valence-corrected chi connectivity index (χ2v) is 9.08. The van der Waals surface area contributed by atoms with Crippen LogP contribution >= 0.6 is 0 Å². The summed E-state index contributed by atoms with van der Waals surface area (Å²) in [5, 5.41) is 13.0. The maximum absolute atomic E-state index is 13.6. The number of aliphatic hydroxyl groups is 1. The molecule has 9 nitrogen and oxygen atoms in total. The highest BCUT2D eigenvalue weighted by atomic mass is 16.3. The number of benzene rings is 3. The number of hydrogen-bond acceptors (Lipinski definition) is 6. The fourth-order valence-corrected chi connectivity index (χ4v) is 5.68. The first-order chi connectivity index (χ1) is 16.7. The molecule has 7 rings (SSSR count). The number of ketones is 1. The summed E-state index contributed by atoms with van der Waals surface area (Å²) in [4.78, 5) is 75.0. The number of nitrogens with one attached hydrogen (secondary N) is 3. The van der Waals surface area contributed by atoms with Gasteiger partial charge in [-0.25, -0.2) is 0 Å². The Morgan fingerprint density at radius 2 is 1.31 bits per heavy atom. The molecule has 0 spiro atoms. The number of carbonyl (C=O) groups is 1. The van der Waals surface area contributed by atoms with Gasteiger partial charge in [-0.3, -0.25) is 24.0 Å². The van der Waals surface area contributed by atoms with Gasteiger partial charge in [0.15, 0.2) is 5.78 Å². The van der Waals surface area contributed by atoms with Crippen LogP contribution in [0.3, 0.4) is 0 Å². The van der Waals surface area contributed by atoms with Gasteiger partial charge in [0.05, 0.1) is 27.5 Å². The maximum atomic E-state index is 13.6. The molecule has 35 heavy (non-hydrogen) atoms. The van der Waals surface area contributed by atoms with E-state index in [1.807, 2.05) is 0 Å². The highest BCUT2D eigenvalue weighted by Crippen LogP contribution is 2.38. The molecule has 0 radical (unpaired) electrons. The van der Waals surface area contributed by atoms with Crippen LogP contribution in [0.4, 0.5) is 0 Å². The van der Waals surface area contributed by atoms with E-state index in [1.54, 1.807) is 13.1 Å². The van der Waals surface area contributed by atoms with Crippen LogP contribution in [-0.4, -0.2) is 31.9 Å². The summed E-state index contributed by atoms with van der Waals surface area (Å²) in [5.74, 6) is -0.718. The fourth-order valence-electron chi connectivity index (χ4n) is 5.68. The van der Waals surface area contributed by atoms with Gasteiger partial charge in [-0.15, -0.1) is 0 Å². The molecule has 1 aliphatic rings. The highest BCUT2D eigenvalue weighted by Gasteiger charge is 2.32. The van der Waals surface area contributed by atoms with Crippen LogP contribution in [-0.2, 0) is 4.79 Å². The first-order valence-corrected chi connectivity index (χ1v) is 10.9. The molecule has 0 saturated carbocycles. The van der Waals surface area contributed by atoms with Crippen LogP contribution in [0.2, 0.25) is 0 Å². The van der Waals surface area contributed by atoms with E-state index in [9.17, 15) is 29.1 Å². The predicted molar refractivity (Wildman–Crippen MR) is 131 cm³/mol. The van der Waals surface area contributed by atoms with E-state index in [4.69, 9.17) is 0 Å². The van der Waals surface area contributed by atoms with E-state index in [0.717, 1.165) is 5.56 Å². The topological polar surface area (TPSA) is 153 Å². The molecule has 3 aromatic heterocycles. The lowest BCUT2D eigenvalue weighted by molar-refractivity contribution is -0.118. The second kappa shape index (κ2) is 6.08. The van der Waals surface area contributed by atoms with Gasteiger partial charge < -0.3 is 20.1 Å². The van der Waals surface area contributed by atoms with Crippen molar-refractivity contribution >= 4 is 60.8 Å². The number of aryl methyl sites for hydroxylation is 2. The van der Waals surface area contributed by atoms with Gasteiger partial charge in [0.2, 0.25) is 21.7 Å². The molecule has 9 heteroatoms. The maximum Gasteiger partial charge on any atom is 0.236 e. The third kappa shape index (κ3) is 2.10. The quantitative estimate of drug-likeness (QED) is 0.191. The first-order valence-electron chi connectivity index (χ1n) is 10.9. The zero-order chi connectivity index (χ0) is 24.5. The summed E-state index contributed by atoms with van der Waals surface area (Å²) in [7, 11) is 0. The minimum atomic E-state index is -1.48. The molecule has 3 aromatic carbocycles. The summed E-state index contributed by atoms with van der Waals surface area (Å²) in [6, 6.07) is 0. The molecule has 170 valence electrons. The van der Waals surface area contributed by atoms with Gasteiger partial charge in [-0.2, -0.15) is 0 Å². The number of aromatic nitrogens is 3. The molecule has 0 bridgehead atoms. The second-order valence-electron chi connectivity index (χ2n) is 9.08. The number of aromatic amines is 3. The van der Waals surface area contributed by atoms with E-state index in [1.165, 1.54) is 25.4 Å². The van der Waals surface area contributed by atoms with Crippen molar-refractivity contribution < 1.29 is 9.90 Å². The van der Waals surface area contributed by atoms with Gasteiger partial charge in [-0.05, 0) is 25.5 Å². The Kier molecular flexibility index (Phi) is 3.44. The van der Waals surface area contributed by atoms with Crippen molar-refractivity contribution in [2.45, 2.75) is 20.0 Å². The molecule has 1 aliphatic carbocycles. The van der Waals surface area contributed by atoms with E-state index in [0.29, 0.717) is 37.6 Å². The Morgan fingerprint density at radius 1 is 0.714 bits per heavy atom. The number of fused-ring (bicyclic) bond motifs is 3. The number of H-pyrrole nitrogens is 3. The average Bonchev–Trinajstić information content (AvgIpc) is 3.55. The SMILES string of the molecule is Cc1c[nH]c2c1=CC(O)C(=O)C=2c1c(=O)c(=O)c2c3c[nH]c4c(C)c(=O)c(=O)c(c5c[nH]c1c52)c43. The van der Waals surface area contributed by atoms with Crippen molar-refractivity contribution in [3.8, 4) is 0 Å². The molecule has 0 aliphatic heterocycles.